The lowest BCUT2D eigenvalue weighted by Crippen LogP contribution is -2.54. The molecule has 3 rings (SSSR count). The molecule has 3 aromatic rings. The smallest absolute Gasteiger partial charge is 0.264 e. The number of methoxy groups -OCH3 is 1. The van der Waals surface area contributed by atoms with Crippen LogP contribution in [0.4, 0.5) is 5.69 Å². The number of hydrogen-bond acceptors (Lipinski definition) is 5. The highest BCUT2D eigenvalue weighted by molar-refractivity contribution is 7.92. The molecule has 0 saturated heterocycles. The van der Waals surface area contributed by atoms with E-state index in [1.54, 1.807) is 73.7 Å². The second-order valence-corrected chi connectivity index (χ2v) is 12.4. The molecule has 10 heteroatoms. The number of rotatable bonds is 10. The minimum Gasteiger partial charge on any atom is -0.495 e. The van der Waals surface area contributed by atoms with E-state index in [4.69, 9.17) is 16.3 Å². The third kappa shape index (κ3) is 7.74. The zero-order chi connectivity index (χ0) is 28.8. The van der Waals surface area contributed by atoms with Crippen molar-refractivity contribution in [3.05, 3.63) is 89.4 Å². The summed E-state index contributed by atoms with van der Waals surface area (Å²) in [7, 11) is -2.75. The van der Waals surface area contributed by atoms with E-state index in [-0.39, 0.29) is 28.8 Å². The molecular formula is C29H34ClN3O5S. The van der Waals surface area contributed by atoms with E-state index in [1.807, 2.05) is 20.8 Å². The Morgan fingerprint density at radius 3 is 2.13 bits per heavy atom. The van der Waals surface area contributed by atoms with E-state index >= 15 is 0 Å². The second kappa shape index (κ2) is 12.5. The van der Waals surface area contributed by atoms with Crippen LogP contribution in [-0.2, 0) is 26.2 Å². The predicted molar refractivity (Wildman–Crippen MR) is 153 cm³/mol. The first-order valence-corrected chi connectivity index (χ1v) is 14.2. The highest BCUT2D eigenvalue weighted by atomic mass is 35.5. The van der Waals surface area contributed by atoms with Crippen molar-refractivity contribution >= 4 is 39.1 Å². The summed E-state index contributed by atoms with van der Waals surface area (Å²) in [6, 6.07) is 20.5. The predicted octanol–water partition coefficient (Wildman–Crippen LogP) is 4.88. The van der Waals surface area contributed by atoms with E-state index in [0.717, 1.165) is 9.87 Å². The fraction of sp³-hybridized carbons (Fsp3) is 0.310. The second-order valence-electron chi connectivity index (χ2n) is 10.1. The zero-order valence-corrected chi connectivity index (χ0v) is 24.3. The van der Waals surface area contributed by atoms with Crippen LogP contribution in [0.3, 0.4) is 0 Å². The van der Waals surface area contributed by atoms with Crippen molar-refractivity contribution in [2.24, 2.45) is 0 Å². The van der Waals surface area contributed by atoms with Crippen LogP contribution >= 0.6 is 11.6 Å². The number of hydrogen-bond donors (Lipinski definition) is 1. The van der Waals surface area contributed by atoms with Crippen molar-refractivity contribution in [2.75, 3.05) is 18.0 Å². The molecule has 8 nitrogen and oxygen atoms in total. The molecule has 0 aliphatic rings. The van der Waals surface area contributed by atoms with Crippen molar-refractivity contribution in [1.29, 1.82) is 0 Å². The van der Waals surface area contributed by atoms with Gasteiger partial charge in [0.05, 0.1) is 17.7 Å². The average Bonchev–Trinajstić information content (AvgIpc) is 2.90. The molecule has 0 heterocycles. The largest absolute Gasteiger partial charge is 0.495 e. The van der Waals surface area contributed by atoms with E-state index in [0.29, 0.717) is 5.02 Å². The summed E-state index contributed by atoms with van der Waals surface area (Å²) in [5.41, 5.74) is 0.411. The molecule has 0 aromatic heterocycles. The first-order valence-electron chi connectivity index (χ1n) is 12.4. The molecule has 39 heavy (non-hydrogen) atoms. The number of nitrogens with one attached hydrogen (secondary N) is 1. The minimum atomic E-state index is -4.18. The van der Waals surface area contributed by atoms with Crippen LogP contribution in [0.5, 0.6) is 5.75 Å². The standard InChI is InChI=1S/C29H34ClN3O5S/c1-21(28(35)31-29(2,3)4)32(19-22-15-17-23(30)18-16-22)27(34)20-33(25-13-9-10-14-26(25)38-5)39(36,37)24-11-7-6-8-12-24/h6-18,21H,19-20H2,1-5H3,(H,31,35)/t21-/m0/s1. The Hall–Kier alpha value is -3.56. The summed E-state index contributed by atoms with van der Waals surface area (Å²) in [6.45, 7) is 6.67. The quantitative estimate of drug-likeness (QED) is 0.374. The average molecular weight is 572 g/mol. The molecule has 0 fully saturated rings. The number of carbonyl (C=O) groups is 2. The molecule has 0 saturated carbocycles. The summed E-state index contributed by atoms with van der Waals surface area (Å²) in [4.78, 5) is 28.5. The van der Waals surface area contributed by atoms with E-state index in [2.05, 4.69) is 5.32 Å². The van der Waals surface area contributed by atoms with Crippen LogP contribution in [0.1, 0.15) is 33.3 Å². The number of nitrogens with zero attached hydrogens (tertiary/aromatic N) is 2. The van der Waals surface area contributed by atoms with Gasteiger partial charge < -0.3 is 15.0 Å². The van der Waals surface area contributed by atoms with Gasteiger partial charge in [-0.15, -0.1) is 0 Å². The molecule has 1 atom stereocenters. The zero-order valence-electron chi connectivity index (χ0n) is 22.7. The molecule has 2 amide bonds. The number of benzene rings is 3. The van der Waals surface area contributed by atoms with Crippen molar-refractivity contribution in [3.63, 3.8) is 0 Å². The number of amides is 2. The first-order chi connectivity index (χ1) is 18.3. The van der Waals surface area contributed by atoms with Gasteiger partial charge in [-0.05, 0) is 69.7 Å². The third-order valence-corrected chi connectivity index (χ3v) is 7.92. The first kappa shape index (κ1) is 30.0. The van der Waals surface area contributed by atoms with Gasteiger partial charge in [0.15, 0.2) is 0 Å². The van der Waals surface area contributed by atoms with Gasteiger partial charge in [0.2, 0.25) is 11.8 Å². The Kier molecular flexibility index (Phi) is 9.63. The van der Waals surface area contributed by atoms with Crippen LogP contribution in [0.2, 0.25) is 5.02 Å². The Morgan fingerprint density at radius 1 is 0.949 bits per heavy atom. The maximum Gasteiger partial charge on any atom is 0.264 e. The van der Waals surface area contributed by atoms with Gasteiger partial charge in [-0.25, -0.2) is 8.42 Å². The van der Waals surface area contributed by atoms with Crippen molar-refractivity contribution < 1.29 is 22.7 Å². The van der Waals surface area contributed by atoms with Gasteiger partial charge in [-0.2, -0.15) is 0 Å². The number of anilines is 1. The maximum atomic E-state index is 14.0. The Morgan fingerprint density at radius 2 is 1.54 bits per heavy atom. The summed E-state index contributed by atoms with van der Waals surface area (Å²) in [5, 5.41) is 3.44. The van der Waals surface area contributed by atoms with Crippen LogP contribution in [0.15, 0.2) is 83.8 Å². The summed E-state index contributed by atoms with van der Waals surface area (Å²) in [5.74, 6) is -0.640. The topological polar surface area (TPSA) is 96.0 Å². The third-order valence-electron chi connectivity index (χ3n) is 5.90. The SMILES string of the molecule is COc1ccccc1N(CC(=O)N(Cc1ccc(Cl)cc1)[C@@H](C)C(=O)NC(C)(C)C)S(=O)(=O)c1ccccc1. The van der Waals surface area contributed by atoms with Crippen molar-refractivity contribution in [1.82, 2.24) is 10.2 Å². The normalized spacial score (nSPS) is 12.4. The number of para-hydroxylation sites is 2. The van der Waals surface area contributed by atoms with Crippen LogP contribution in [-0.4, -0.2) is 50.4 Å². The number of carbonyl (C=O) groups excluding carboxylic acids is 2. The molecule has 0 unspecified atom stereocenters. The van der Waals surface area contributed by atoms with Gasteiger partial charge in [0, 0.05) is 17.1 Å². The number of halogens is 1. The fourth-order valence-electron chi connectivity index (χ4n) is 3.91. The molecule has 3 aromatic carbocycles. The highest BCUT2D eigenvalue weighted by Crippen LogP contribution is 2.32. The Labute approximate surface area is 235 Å². The summed E-state index contributed by atoms with van der Waals surface area (Å²) < 4.78 is 34.2. The molecule has 0 bridgehead atoms. The lowest BCUT2D eigenvalue weighted by molar-refractivity contribution is -0.140. The number of ether oxygens (including phenoxy) is 1. The van der Waals surface area contributed by atoms with Crippen molar-refractivity contribution in [3.8, 4) is 5.75 Å². The van der Waals surface area contributed by atoms with Gasteiger partial charge >= 0.3 is 0 Å². The Bertz CT molecular complexity index is 1390. The summed E-state index contributed by atoms with van der Waals surface area (Å²) >= 11 is 6.04. The molecule has 208 valence electrons. The molecule has 0 radical (unpaired) electrons. The lowest BCUT2D eigenvalue weighted by atomic mass is 10.1. The monoisotopic (exact) mass is 571 g/mol. The molecule has 0 spiro atoms. The molecule has 1 N–H and O–H groups in total. The number of sulfonamides is 1. The van der Waals surface area contributed by atoms with Gasteiger partial charge in [-0.3, -0.25) is 13.9 Å². The fourth-order valence-corrected chi connectivity index (χ4v) is 5.48. The van der Waals surface area contributed by atoms with Crippen molar-refractivity contribution in [2.45, 2.75) is 50.7 Å². The van der Waals surface area contributed by atoms with Crippen LogP contribution in [0, 0.1) is 0 Å². The van der Waals surface area contributed by atoms with E-state index < -0.39 is 34.1 Å². The van der Waals surface area contributed by atoms with Gasteiger partial charge in [0.25, 0.3) is 10.0 Å². The summed E-state index contributed by atoms with van der Waals surface area (Å²) in [6.07, 6.45) is 0. The van der Waals surface area contributed by atoms with E-state index in [1.165, 1.54) is 24.1 Å². The molecular weight excluding hydrogens is 538 g/mol. The Balaban J connectivity index is 2.06. The van der Waals surface area contributed by atoms with Gasteiger partial charge in [0.1, 0.15) is 18.3 Å². The van der Waals surface area contributed by atoms with Crippen LogP contribution < -0.4 is 14.4 Å². The highest BCUT2D eigenvalue weighted by Gasteiger charge is 2.34. The van der Waals surface area contributed by atoms with E-state index in [9.17, 15) is 18.0 Å². The lowest BCUT2D eigenvalue weighted by Gasteiger charge is -2.33. The van der Waals surface area contributed by atoms with Gasteiger partial charge in [-0.1, -0.05) is 54.1 Å². The molecule has 0 aliphatic heterocycles. The minimum absolute atomic E-state index is 0.0199. The van der Waals surface area contributed by atoms with Crippen LogP contribution in [0.25, 0.3) is 0 Å². The maximum absolute atomic E-state index is 14.0. The molecule has 0 aliphatic carbocycles.